The molecular weight excluding hydrogens is 236 g/mol. The zero-order valence-electron chi connectivity index (χ0n) is 12.6. The summed E-state index contributed by atoms with van der Waals surface area (Å²) in [6.45, 7) is 9.15. The molecule has 0 unspecified atom stereocenters. The first-order chi connectivity index (χ1) is 9.18. The van der Waals surface area contributed by atoms with Crippen LogP contribution < -0.4 is 5.32 Å². The number of nitrogens with one attached hydrogen (secondary N) is 1. The maximum absolute atomic E-state index is 5.50. The Bertz CT molecular complexity index is 314. The Kier molecular flexibility index (Phi) is 8.47. The van der Waals surface area contributed by atoms with Crippen LogP contribution >= 0.6 is 0 Å². The number of nitrogens with zero attached hydrogens (tertiary/aromatic N) is 1. The van der Waals surface area contributed by atoms with Crippen molar-refractivity contribution < 1.29 is 4.74 Å². The van der Waals surface area contributed by atoms with E-state index in [-0.39, 0.29) is 0 Å². The van der Waals surface area contributed by atoms with Gasteiger partial charge >= 0.3 is 0 Å². The first-order valence-electron chi connectivity index (χ1n) is 7.23. The minimum Gasteiger partial charge on any atom is -0.379 e. The SMILES string of the molecule is CC(C)OCCCNCCN(C)Cc1ccccc1. The molecule has 19 heavy (non-hydrogen) atoms. The smallest absolute Gasteiger partial charge is 0.0518 e. The normalized spacial score (nSPS) is 11.4. The van der Waals surface area contributed by atoms with Crippen LogP contribution in [0, 0.1) is 0 Å². The second-order valence-electron chi connectivity index (χ2n) is 5.25. The third kappa shape index (κ3) is 8.76. The number of ether oxygens (including phenoxy) is 1. The Hall–Kier alpha value is -0.900. The third-order valence-electron chi connectivity index (χ3n) is 2.91. The Balaban J connectivity index is 1.97. The number of likely N-dealkylation sites (N-methyl/N-ethyl adjacent to an activating group) is 1. The zero-order chi connectivity index (χ0) is 13.9. The molecule has 1 aromatic rings. The quantitative estimate of drug-likeness (QED) is 0.657. The van der Waals surface area contributed by atoms with Crippen molar-refractivity contribution in [2.75, 3.05) is 33.3 Å². The molecule has 1 aromatic carbocycles. The molecule has 0 saturated heterocycles. The van der Waals surface area contributed by atoms with Crippen LogP contribution in [-0.4, -0.2) is 44.3 Å². The summed E-state index contributed by atoms with van der Waals surface area (Å²) >= 11 is 0. The monoisotopic (exact) mass is 264 g/mol. The fraction of sp³-hybridized carbons (Fsp3) is 0.625. The Morgan fingerprint density at radius 3 is 2.58 bits per heavy atom. The number of hydrogen-bond donors (Lipinski definition) is 1. The first-order valence-corrected chi connectivity index (χ1v) is 7.23. The molecule has 0 aromatic heterocycles. The molecule has 0 radical (unpaired) electrons. The fourth-order valence-electron chi connectivity index (χ4n) is 1.89. The molecule has 1 rings (SSSR count). The average Bonchev–Trinajstić information content (AvgIpc) is 2.38. The highest BCUT2D eigenvalue weighted by molar-refractivity contribution is 5.14. The zero-order valence-corrected chi connectivity index (χ0v) is 12.6. The molecule has 0 aliphatic rings. The highest BCUT2D eigenvalue weighted by atomic mass is 16.5. The molecule has 3 heteroatoms. The van der Waals surface area contributed by atoms with Gasteiger partial charge in [0.25, 0.3) is 0 Å². The maximum atomic E-state index is 5.50. The molecule has 1 N–H and O–H groups in total. The number of hydrogen-bond acceptors (Lipinski definition) is 3. The van der Waals surface area contributed by atoms with Gasteiger partial charge in [-0.3, -0.25) is 0 Å². The summed E-state index contributed by atoms with van der Waals surface area (Å²) in [5, 5.41) is 3.45. The fourth-order valence-corrected chi connectivity index (χ4v) is 1.89. The van der Waals surface area contributed by atoms with Gasteiger partial charge in [0.15, 0.2) is 0 Å². The van der Waals surface area contributed by atoms with Gasteiger partial charge in [0.2, 0.25) is 0 Å². The molecule has 0 atom stereocenters. The van der Waals surface area contributed by atoms with Crippen molar-refractivity contribution in [2.24, 2.45) is 0 Å². The molecule has 0 amide bonds. The van der Waals surface area contributed by atoms with Crippen LogP contribution in [0.5, 0.6) is 0 Å². The van der Waals surface area contributed by atoms with Crippen LogP contribution in [0.2, 0.25) is 0 Å². The van der Waals surface area contributed by atoms with E-state index in [1.165, 1.54) is 5.56 Å². The van der Waals surface area contributed by atoms with Crippen molar-refractivity contribution >= 4 is 0 Å². The molecule has 0 fully saturated rings. The van der Waals surface area contributed by atoms with Gasteiger partial charge in [-0.15, -0.1) is 0 Å². The summed E-state index contributed by atoms with van der Waals surface area (Å²) in [5.74, 6) is 0. The molecule has 0 saturated carbocycles. The standard InChI is InChI=1S/C16H28N2O/c1-15(2)19-13-7-10-17-11-12-18(3)14-16-8-5-4-6-9-16/h4-6,8-9,15,17H,7,10-14H2,1-3H3. The molecule has 0 bridgehead atoms. The lowest BCUT2D eigenvalue weighted by molar-refractivity contribution is 0.0770. The van der Waals surface area contributed by atoms with E-state index in [1.54, 1.807) is 0 Å². The lowest BCUT2D eigenvalue weighted by atomic mass is 10.2. The van der Waals surface area contributed by atoms with Gasteiger partial charge in [-0.05, 0) is 39.4 Å². The summed E-state index contributed by atoms with van der Waals surface area (Å²) in [5.41, 5.74) is 1.37. The van der Waals surface area contributed by atoms with E-state index in [9.17, 15) is 0 Å². The van der Waals surface area contributed by atoms with Crippen molar-refractivity contribution in [3.05, 3.63) is 35.9 Å². The largest absolute Gasteiger partial charge is 0.379 e. The molecule has 0 aliphatic carbocycles. The van der Waals surface area contributed by atoms with E-state index in [2.05, 4.69) is 61.4 Å². The molecular formula is C16H28N2O. The molecule has 108 valence electrons. The summed E-state index contributed by atoms with van der Waals surface area (Å²) in [6.07, 6.45) is 1.43. The lowest BCUT2D eigenvalue weighted by Gasteiger charge is -2.17. The summed E-state index contributed by atoms with van der Waals surface area (Å²) in [6, 6.07) is 10.6. The van der Waals surface area contributed by atoms with E-state index in [4.69, 9.17) is 4.74 Å². The predicted octanol–water partition coefficient (Wildman–Crippen LogP) is 2.52. The molecule has 0 spiro atoms. The molecule has 3 nitrogen and oxygen atoms in total. The van der Waals surface area contributed by atoms with Crippen LogP contribution in [0.25, 0.3) is 0 Å². The van der Waals surface area contributed by atoms with Gasteiger partial charge in [0.1, 0.15) is 0 Å². The van der Waals surface area contributed by atoms with Gasteiger partial charge < -0.3 is 15.0 Å². The van der Waals surface area contributed by atoms with Gasteiger partial charge in [-0.2, -0.15) is 0 Å². The van der Waals surface area contributed by atoms with Crippen molar-refractivity contribution in [2.45, 2.75) is 32.9 Å². The van der Waals surface area contributed by atoms with Crippen molar-refractivity contribution in [1.29, 1.82) is 0 Å². The van der Waals surface area contributed by atoms with E-state index in [1.807, 2.05) is 0 Å². The Morgan fingerprint density at radius 2 is 1.89 bits per heavy atom. The molecule has 0 heterocycles. The number of rotatable bonds is 10. The summed E-state index contributed by atoms with van der Waals surface area (Å²) < 4.78 is 5.50. The number of benzene rings is 1. The van der Waals surface area contributed by atoms with Crippen LogP contribution in [0.15, 0.2) is 30.3 Å². The summed E-state index contributed by atoms with van der Waals surface area (Å²) in [4.78, 5) is 2.34. The van der Waals surface area contributed by atoms with Crippen LogP contribution in [0.1, 0.15) is 25.8 Å². The Labute approximate surface area is 118 Å². The van der Waals surface area contributed by atoms with Gasteiger partial charge in [0, 0.05) is 26.2 Å². The van der Waals surface area contributed by atoms with Crippen LogP contribution in [0.4, 0.5) is 0 Å². The van der Waals surface area contributed by atoms with Gasteiger partial charge in [0.05, 0.1) is 6.10 Å². The highest BCUT2D eigenvalue weighted by Gasteiger charge is 1.99. The topological polar surface area (TPSA) is 24.5 Å². The maximum Gasteiger partial charge on any atom is 0.0518 e. The molecule has 0 aliphatic heterocycles. The van der Waals surface area contributed by atoms with Crippen molar-refractivity contribution in [3.8, 4) is 0 Å². The van der Waals surface area contributed by atoms with Crippen LogP contribution in [0.3, 0.4) is 0 Å². The van der Waals surface area contributed by atoms with Gasteiger partial charge in [-0.1, -0.05) is 30.3 Å². The Morgan fingerprint density at radius 1 is 1.16 bits per heavy atom. The van der Waals surface area contributed by atoms with Crippen molar-refractivity contribution in [1.82, 2.24) is 10.2 Å². The first kappa shape index (κ1) is 16.2. The minimum absolute atomic E-state index is 0.344. The van der Waals surface area contributed by atoms with E-state index in [0.717, 1.165) is 39.2 Å². The second-order valence-corrected chi connectivity index (χ2v) is 5.25. The van der Waals surface area contributed by atoms with E-state index >= 15 is 0 Å². The minimum atomic E-state index is 0.344. The van der Waals surface area contributed by atoms with E-state index in [0.29, 0.717) is 6.10 Å². The predicted molar refractivity (Wildman–Crippen MR) is 81.4 cm³/mol. The van der Waals surface area contributed by atoms with Crippen molar-refractivity contribution in [3.63, 3.8) is 0 Å². The highest BCUT2D eigenvalue weighted by Crippen LogP contribution is 2.01. The van der Waals surface area contributed by atoms with Crippen LogP contribution in [-0.2, 0) is 11.3 Å². The second kappa shape index (κ2) is 9.96. The van der Waals surface area contributed by atoms with Gasteiger partial charge in [-0.25, -0.2) is 0 Å². The van der Waals surface area contributed by atoms with E-state index < -0.39 is 0 Å². The average molecular weight is 264 g/mol. The third-order valence-corrected chi connectivity index (χ3v) is 2.91. The summed E-state index contributed by atoms with van der Waals surface area (Å²) in [7, 11) is 2.16. The lowest BCUT2D eigenvalue weighted by Crippen LogP contribution is -2.29.